The molecule has 5 heteroatoms. The number of ether oxygens (including phenoxy) is 1. The number of carbonyl (C=O) groups is 2. The van der Waals surface area contributed by atoms with Gasteiger partial charge in [-0.15, -0.1) is 0 Å². The topological polar surface area (TPSA) is 49.9 Å². The van der Waals surface area contributed by atoms with Gasteiger partial charge in [0.15, 0.2) is 0 Å². The Morgan fingerprint density at radius 2 is 1.04 bits per heavy atom. The molecule has 2 rings (SSSR count). The fourth-order valence-corrected chi connectivity index (χ4v) is 4.14. The van der Waals surface area contributed by atoms with Crippen molar-refractivity contribution in [1.29, 1.82) is 0 Å². The van der Waals surface area contributed by atoms with Crippen LogP contribution >= 0.6 is 0 Å². The van der Waals surface area contributed by atoms with Crippen LogP contribution < -0.4 is 0 Å². The second kappa shape index (κ2) is 8.13. The van der Waals surface area contributed by atoms with E-state index in [-0.39, 0.29) is 25.0 Å². The Kier molecular flexibility index (Phi) is 6.45. The largest absolute Gasteiger partial charge is 0.362 e. The van der Waals surface area contributed by atoms with Crippen LogP contribution in [0, 0.1) is 23.7 Å². The summed E-state index contributed by atoms with van der Waals surface area (Å²) >= 11 is 0. The van der Waals surface area contributed by atoms with Crippen molar-refractivity contribution in [2.75, 3.05) is 39.4 Å². The molecular formula is C18H32N2O3. The van der Waals surface area contributed by atoms with Gasteiger partial charge in [-0.25, -0.2) is 0 Å². The summed E-state index contributed by atoms with van der Waals surface area (Å²) < 4.78 is 5.42. The van der Waals surface area contributed by atoms with Crippen LogP contribution in [0.15, 0.2) is 0 Å². The monoisotopic (exact) mass is 324 g/mol. The molecule has 0 spiro atoms. The molecule has 0 aliphatic carbocycles. The molecule has 0 saturated carbocycles. The Balaban J connectivity index is 1.71. The molecule has 2 saturated heterocycles. The molecule has 132 valence electrons. The highest BCUT2D eigenvalue weighted by Crippen LogP contribution is 2.22. The van der Waals surface area contributed by atoms with E-state index in [0.717, 1.165) is 26.2 Å². The third kappa shape index (κ3) is 5.48. The molecule has 0 unspecified atom stereocenters. The first-order valence-electron chi connectivity index (χ1n) is 8.98. The van der Waals surface area contributed by atoms with Crippen LogP contribution in [0.4, 0.5) is 0 Å². The highest BCUT2D eigenvalue weighted by Gasteiger charge is 2.27. The average Bonchev–Trinajstić information content (AvgIpc) is 2.44. The van der Waals surface area contributed by atoms with E-state index in [2.05, 4.69) is 27.7 Å². The first-order valence-corrected chi connectivity index (χ1v) is 8.98. The highest BCUT2D eigenvalue weighted by atomic mass is 16.5. The van der Waals surface area contributed by atoms with Crippen molar-refractivity contribution < 1.29 is 14.3 Å². The molecule has 23 heavy (non-hydrogen) atoms. The fraction of sp³-hybridized carbons (Fsp3) is 0.889. The molecular weight excluding hydrogens is 292 g/mol. The smallest absolute Gasteiger partial charge is 0.248 e. The molecule has 5 nitrogen and oxygen atoms in total. The van der Waals surface area contributed by atoms with Crippen LogP contribution in [0.5, 0.6) is 0 Å². The highest BCUT2D eigenvalue weighted by molar-refractivity contribution is 5.80. The number of carbonyl (C=O) groups excluding carboxylic acids is 2. The average molecular weight is 324 g/mol. The van der Waals surface area contributed by atoms with Crippen LogP contribution in [0.3, 0.4) is 0 Å². The van der Waals surface area contributed by atoms with Crippen molar-refractivity contribution in [2.45, 2.75) is 40.5 Å². The van der Waals surface area contributed by atoms with E-state index in [1.807, 2.05) is 9.80 Å². The van der Waals surface area contributed by atoms with Crippen LogP contribution in [0.1, 0.15) is 40.5 Å². The number of amides is 2. The Morgan fingerprint density at radius 1 is 0.739 bits per heavy atom. The summed E-state index contributed by atoms with van der Waals surface area (Å²) in [5.41, 5.74) is 0. The second-order valence-electron chi connectivity index (χ2n) is 7.98. The lowest BCUT2D eigenvalue weighted by molar-refractivity contribution is -0.144. The summed E-state index contributed by atoms with van der Waals surface area (Å²) in [4.78, 5) is 28.2. The molecule has 2 fully saturated rings. The lowest BCUT2D eigenvalue weighted by atomic mass is 9.92. The van der Waals surface area contributed by atoms with Gasteiger partial charge in [-0.3, -0.25) is 9.59 Å². The van der Waals surface area contributed by atoms with Gasteiger partial charge in [-0.05, 0) is 36.5 Å². The fourth-order valence-electron chi connectivity index (χ4n) is 4.14. The van der Waals surface area contributed by atoms with E-state index >= 15 is 0 Å². The van der Waals surface area contributed by atoms with Gasteiger partial charge in [-0.1, -0.05) is 27.7 Å². The summed E-state index contributed by atoms with van der Waals surface area (Å²) in [5.74, 6) is 2.19. The van der Waals surface area contributed by atoms with E-state index in [9.17, 15) is 9.59 Å². The summed E-state index contributed by atoms with van der Waals surface area (Å²) in [6.07, 6.45) is 2.35. The Hall–Kier alpha value is -1.10. The molecule has 0 aromatic rings. The van der Waals surface area contributed by atoms with Crippen molar-refractivity contribution in [3.05, 3.63) is 0 Å². The Bertz CT molecular complexity index is 368. The molecule has 0 aromatic heterocycles. The minimum atomic E-state index is 0.0107. The predicted molar refractivity (Wildman–Crippen MR) is 89.9 cm³/mol. The van der Waals surface area contributed by atoms with Gasteiger partial charge >= 0.3 is 0 Å². The van der Waals surface area contributed by atoms with E-state index in [1.54, 1.807) is 0 Å². The number of hydrogen-bond donors (Lipinski definition) is 0. The summed E-state index contributed by atoms with van der Waals surface area (Å²) in [5, 5.41) is 0. The summed E-state index contributed by atoms with van der Waals surface area (Å²) in [6, 6.07) is 0. The van der Waals surface area contributed by atoms with Gasteiger partial charge in [0.1, 0.15) is 13.2 Å². The zero-order valence-corrected chi connectivity index (χ0v) is 15.1. The van der Waals surface area contributed by atoms with Crippen LogP contribution in [-0.4, -0.2) is 61.0 Å². The van der Waals surface area contributed by atoms with E-state index in [4.69, 9.17) is 4.74 Å². The van der Waals surface area contributed by atoms with Crippen LogP contribution in [-0.2, 0) is 14.3 Å². The Labute approximate surface area is 140 Å². The molecule has 2 heterocycles. The van der Waals surface area contributed by atoms with Crippen molar-refractivity contribution in [3.8, 4) is 0 Å². The van der Waals surface area contributed by atoms with Crippen LogP contribution in [0.2, 0.25) is 0 Å². The molecule has 0 bridgehead atoms. The minimum Gasteiger partial charge on any atom is -0.362 e. The lowest BCUT2D eigenvalue weighted by Crippen LogP contribution is -2.46. The molecule has 2 aliphatic heterocycles. The molecule has 4 atom stereocenters. The van der Waals surface area contributed by atoms with Crippen molar-refractivity contribution in [2.24, 2.45) is 23.7 Å². The third-order valence-electron chi connectivity index (χ3n) is 4.89. The van der Waals surface area contributed by atoms with Gasteiger partial charge in [0.05, 0.1) is 0 Å². The maximum absolute atomic E-state index is 12.2. The van der Waals surface area contributed by atoms with Gasteiger partial charge < -0.3 is 14.5 Å². The maximum atomic E-state index is 12.2. The van der Waals surface area contributed by atoms with Crippen molar-refractivity contribution >= 4 is 11.8 Å². The van der Waals surface area contributed by atoms with Gasteiger partial charge in [0.2, 0.25) is 11.8 Å². The second-order valence-corrected chi connectivity index (χ2v) is 7.98. The first kappa shape index (κ1) is 18.2. The number of likely N-dealkylation sites (tertiary alicyclic amines) is 2. The molecule has 2 aliphatic rings. The van der Waals surface area contributed by atoms with Gasteiger partial charge in [0, 0.05) is 26.2 Å². The maximum Gasteiger partial charge on any atom is 0.248 e. The van der Waals surface area contributed by atoms with E-state index < -0.39 is 0 Å². The standard InChI is InChI=1S/C18H32N2O3/c1-13-5-14(2)8-19(7-13)17(21)11-23-12-18(22)20-9-15(3)6-16(4)10-20/h13-16H,5-12H2,1-4H3/t13-,14-,15-,16+/m1/s1. The molecule has 0 N–H and O–H groups in total. The van der Waals surface area contributed by atoms with Crippen molar-refractivity contribution in [3.63, 3.8) is 0 Å². The third-order valence-corrected chi connectivity index (χ3v) is 4.89. The molecule has 2 amide bonds. The zero-order chi connectivity index (χ0) is 17.0. The van der Waals surface area contributed by atoms with Crippen molar-refractivity contribution in [1.82, 2.24) is 9.80 Å². The minimum absolute atomic E-state index is 0.0107. The first-order chi connectivity index (χ1) is 10.8. The molecule has 0 aromatic carbocycles. The SMILES string of the molecule is C[C@@H]1C[C@@H](C)CN(C(=O)COCC(=O)N2C[C@H](C)C[C@H](C)C2)C1. The number of rotatable bonds is 4. The van der Waals surface area contributed by atoms with Crippen LogP contribution in [0.25, 0.3) is 0 Å². The summed E-state index contributed by atoms with van der Waals surface area (Å²) in [6.45, 7) is 12.0. The molecule has 0 radical (unpaired) electrons. The zero-order valence-electron chi connectivity index (χ0n) is 15.1. The summed E-state index contributed by atoms with van der Waals surface area (Å²) in [7, 11) is 0. The van der Waals surface area contributed by atoms with Gasteiger partial charge in [0.25, 0.3) is 0 Å². The van der Waals surface area contributed by atoms with E-state index in [1.165, 1.54) is 12.8 Å². The van der Waals surface area contributed by atoms with E-state index in [0.29, 0.717) is 23.7 Å². The number of hydrogen-bond acceptors (Lipinski definition) is 3. The quantitative estimate of drug-likeness (QED) is 0.795. The lowest BCUT2D eigenvalue weighted by Gasteiger charge is -2.35. The van der Waals surface area contributed by atoms with Gasteiger partial charge in [-0.2, -0.15) is 0 Å². The number of piperidine rings is 2. The number of nitrogens with zero attached hydrogens (tertiary/aromatic N) is 2. The normalized spacial score (nSPS) is 32.0. The predicted octanol–water partition coefficient (Wildman–Crippen LogP) is 2.01. The Morgan fingerprint density at radius 3 is 1.35 bits per heavy atom.